The fraction of sp³-hybridized carbons (Fsp3) is 0.538. The third kappa shape index (κ3) is 5.06. The molecule has 0 saturated carbocycles. The van der Waals surface area contributed by atoms with E-state index in [0.717, 1.165) is 30.8 Å². The number of benzene rings is 1. The van der Waals surface area contributed by atoms with E-state index in [1.165, 1.54) is 0 Å². The van der Waals surface area contributed by atoms with E-state index in [1.54, 1.807) is 19.2 Å². The Balaban J connectivity index is 2.35. The number of hydrogen-bond acceptors (Lipinski definition) is 4. The second-order valence-electron chi connectivity index (χ2n) is 4.33. The lowest BCUT2D eigenvalue weighted by molar-refractivity contribution is 0.392. The van der Waals surface area contributed by atoms with E-state index in [2.05, 4.69) is 24.3 Å². The first kappa shape index (κ1) is 13.8. The Morgan fingerprint density at radius 2 is 2.12 bits per heavy atom. The molecule has 0 heterocycles. The van der Waals surface area contributed by atoms with Crippen LogP contribution in [-0.2, 0) is 6.54 Å². The molecule has 0 spiro atoms. The van der Waals surface area contributed by atoms with Crippen LogP contribution in [0.3, 0.4) is 0 Å². The highest BCUT2D eigenvalue weighted by Gasteiger charge is 2.02. The molecule has 4 nitrogen and oxygen atoms in total. The third-order valence-electron chi connectivity index (χ3n) is 2.56. The fourth-order valence-electron chi connectivity index (χ4n) is 1.57. The van der Waals surface area contributed by atoms with Crippen molar-refractivity contribution < 1.29 is 9.84 Å². The van der Waals surface area contributed by atoms with Crippen LogP contribution < -0.4 is 10.1 Å². The van der Waals surface area contributed by atoms with Gasteiger partial charge in [0.05, 0.1) is 7.11 Å². The number of phenols is 1. The van der Waals surface area contributed by atoms with Crippen LogP contribution >= 0.6 is 0 Å². The van der Waals surface area contributed by atoms with Gasteiger partial charge in [-0.3, -0.25) is 0 Å². The second kappa shape index (κ2) is 7.14. The van der Waals surface area contributed by atoms with Crippen LogP contribution in [0, 0.1) is 0 Å². The summed E-state index contributed by atoms with van der Waals surface area (Å²) in [4.78, 5) is 2.16. The average Bonchev–Trinajstić information content (AvgIpc) is 2.30. The van der Waals surface area contributed by atoms with Gasteiger partial charge >= 0.3 is 0 Å². The van der Waals surface area contributed by atoms with Crippen LogP contribution in [-0.4, -0.2) is 44.3 Å². The first-order valence-corrected chi connectivity index (χ1v) is 5.85. The molecule has 96 valence electrons. The lowest BCUT2D eigenvalue weighted by Gasteiger charge is -2.11. The van der Waals surface area contributed by atoms with Gasteiger partial charge in [0, 0.05) is 12.1 Å². The van der Waals surface area contributed by atoms with Gasteiger partial charge in [-0.2, -0.15) is 0 Å². The first-order chi connectivity index (χ1) is 8.13. The normalized spacial score (nSPS) is 10.8. The van der Waals surface area contributed by atoms with E-state index in [0.29, 0.717) is 12.3 Å². The minimum absolute atomic E-state index is 0.311. The highest BCUT2D eigenvalue weighted by atomic mass is 16.5. The van der Waals surface area contributed by atoms with Crippen molar-refractivity contribution in [3.8, 4) is 11.5 Å². The van der Waals surface area contributed by atoms with Crippen LogP contribution in [0.2, 0.25) is 0 Å². The number of nitrogens with one attached hydrogen (secondary N) is 1. The lowest BCUT2D eigenvalue weighted by atomic mass is 10.2. The summed E-state index contributed by atoms with van der Waals surface area (Å²) in [5, 5.41) is 13.0. The first-order valence-electron chi connectivity index (χ1n) is 5.85. The molecule has 1 rings (SSSR count). The molecule has 0 saturated heterocycles. The molecule has 2 N–H and O–H groups in total. The SMILES string of the molecule is COc1ccc(O)c(CNCCCN(C)C)c1. The molecule has 4 heteroatoms. The van der Waals surface area contributed by atoms with Gasteiger partial charge in [0.25, 0.3) is 0 Å². The molecule has 0 fully saturated rings. The molecule has 0 atom stereocenters. The van der Waals surface area contributed by atoms with Gasteiger partial charge in [0.15, 0.2) is 0 Å². The minimum atomic E-state index is 0.311. The van der Waals surface area contributed by atoms with Crippen molar-refractivity contribution >= 4 is 0 Å². The number of rotatable bonds is 7. The molecule has 1 aromatic carbocycles. The molecule has 0 bridgehead atoms. The number of methoxy groups -OCH3 is 1. The molecule has 0 aliphatic heterocycles. The van der Waals surface area contributed by atoms with E-state index < -0.39 is 0 Å². The van der Waals surface area contributed by atoms with Gasteiger partial charge in [0.2, 0.25) is 0 Å². The van der Waals surface area contributed by atoms with Crippen LogP contribution in [0.25, 0.3) is 0 Å². The van der Waals surface area contributed by atoms with Gasteiger partial charge in [-0.25, -0.2) is 0 Å². The van der Waals surface area contributed by atoms with E-state index in [-0.39, 0.29) is 0 Å². The van der Waals surface area contributed by atoms with E-state index >= 15 is 0 Å². The zero-order valence-electron chi connectivity index (χ0n) is 10.9. The topological polar surface area (TPSA) is 44.7 Å². The Kier molecular flexibility index (Phi) is 5.80. The van der Waals surface area contributed by atoms with Crippen molar-refractivity contribution in [3.05, 3.63) is 23.8 Å². The molecule has 0 unspecified atom stereocenters. The van der Waals surface area contributed by atoms with Crippen molar-refractivity contribution in [2.45, 2.75) is 13.0 Å². The summed E-state index contributed by atoms with van der Waals surface area (Å²) in [6, 6.07) is 5.27. The maximum absolute atomic E-state index is 9.67. The van der Waals surface area contributed by atoms with Crippen LogP contribution in [0.4, 0.5) is 0 Å². The Hall–Kier alpha value is -1.26. The van der Waals surface area contributed by atoms with E-state index in [4.69, 9.17) is 4.74 Å². The predicted octanol–water partition coefficient (Wildman–Crippen LogP) is 1.44. The van der Waals surface area contributed by atoms with Crippen molar-refractivity contribution in [1.82, 2.24) is 10.2 Å². The highest BCUT2D eigenvalue weighted by molar-refractivity contribution is 5.39. The number of nitrogens with zero attached hydrogens (tertiary/aromatic N) is 1. The Morgan fingerprint density at radius 1 is 1.35 bits per heavy atom. The zero-order chi connectivity index (χ0) is 12.7. The monoisotopic (exact) mass is 238 g/mol. The Morgan fingerprint density at radius 3 is 2.76 bits per heavy atom. The van der Waals surface area contributed by atoms with Crippen molar-refractivity contribution in [3.63, 3.8) is 0 Å². The van der Waals surface area contributed by atoms with Gasteiger partial charge in [-0.05, 0) is 51.8 Å². The molecule has 0 aromatic heterocycles. The number of hydrogen-bond donors (Lipinski definition) is 2. The number of phenolic OH excluding ortho intramolecular Hbond substituents is 1. The maximum atomic E-state index is 9.67. The number of aromatic hydroxyl groups is 1. The van der Waals surface area contributed by atoms with Gasteiger partial charge in [-0.15, -0.1) is 0 Å². The average molecular weight is 238 g/mol. The molecular weight excluding hydrogens is 216 g/mol. The summed E-state index contributed by atoms with van der Waals surface area (Å²) in [6.45, 7) is 2.67. The van der Waals surface area contributed by atoms with Crippen LogP contribution in [0.15, 0.2) is 18.2 Å². The number of ether oxygens (including phenoxy) is 1. The van der Waals surface area contributed by atoms with Crippen LogP contribution in [0.1, 0.15) is 12.0 Å². The molecule has 0 aliphatic carbocycles. The summed E-state index contributed by atoms with van der Waals surface area (Å²) >= 11 is 0. The highest BCUT2D eigenvalue weighted by Crippen LogP contribution is 2.22. The Labute approximate surface area is 103 Å². The third-order valence-corrected chi connectivity index (χ3v) is 2.56. The van der Waals surface area contributed by atoms with Gasteiger partial charge in [-0.1, -0.05) is 0 Å². The van der Waals surface area contributed by atoms with Crippen molar-refractivity contribution in [2.24, 2.45) is 0 Å². The standard InChI is InChI=1S/C13H22N2O2/c1-15(2)8-4-7-14-10-11-9-12(17-3)5-6-13(11)16/h5-6,9,14,16H,4,7-8,10H2,1-3H3. The summed E-state index contributed by atoms with van der Waals surface area (Å²) in [7, 11) is 5.75. The summed E-state index contributed by atoms with van der Waals surface area (Å²) in [6.07, 6.45) is 1.09. The van der Waals surface area contributed by atoms with E-state index in [9.17, 15) is 5.11 Å². The predicted molar refractivity (Wildman–Crippen MR) is 69.5 cm³/mol. The second-order valence-corrected chi connectivity index (χ2v) is 4.33. The van der Waals surface area contributed by atoms with Gasteiger partial charge < -0.3 is 20.1 Å². The van der Waals surface area contributed by atoms with Gasteiger partial charge in [0.1, 0.15) is 11.5 Å². The fourth-order valence-corrected chi connectivity index (χ4v) is 1.57. The van der Waals surface area contributed by atoms with Crippen molar-refractivity contribution in [1.29, 1.82) is 0 Å². The molecule has 0 radical (unpaired) electrons. The Bertz CT molecular complexity index is 340. The summed E-state index contributed by atoms with van der Waals surface area (Å²) < 4.78 is 5.12. The maximum Gasteiger partial charge on any atom is 0.120 e. The lowest BCUT2D eigenvalue weighted by Crippen LogP contribution is -2.21. The molecule has 1 aromatic rings. The summed E-state index contributed by atoms with van der Waals surface area (Å²) in [5.74, 6) is 1.08. The zero-order valence-corrected chi connectivity index (χ0v) is 10.9. The molecule has 0 amide bonds. The largest absolute Gasteiger partial charge is 0.508 e. The van der Waals surface area contributed by atoms with E-state index in [1.807, 2.05) is 6.07 Å². The molecular formula is C13H22N2O2. The molecule has 0 aliphatic rings. The smallest absolute Gasteiger partial charge is 0.120 e. The summed E-state index contributed by atoms with van der Waals surface area (Å²) in [5.41, 5.74) is 0.870. The van der Waals surface area contributed by atoms with Crippen molar-refractivity contribution in [2.75, 3.05) is 34.3 Å². The van der Waals surface area contributed by atoms with Crippen LogP contribution in [0.5, 0.6) is 11.5 Å². The molecule has 17 heavy (non-hydrogen) atoms. The minimum Gasteiger partial charge on any atom is -0.508 e. The quantitative estimate of drug-likeness (QED) is 0.706.